The predicted octanol–water partition coefficient (Wildman–Crippen LogP) is 6.08. The van der Waals surface area contributed by atoms with Gasteiger partial charge >= 0.3 is 0 Å². The number of aromatic nitrogens is 2. The van der Waals surface area contributed by atoms with Crippen LogP contribution in [0.2, 0.25) is 0 Å². The SMILES string of the molecule is Cc1ccc(Nc2nc(C)c(C)s2)cc1Nc1ncc(-c2ccc(C#N)cc2)o1. The molecule has 7 heteroatoms. The van der Waals surface area contributed by atoms with Crippen molar-refractivity contribution >= 4 is 33.9 Å². The molecule has 0 aliphatic rings. The van der Waals surface area contributed by atoms with E-state index in [9.17, 15) is 0 Å². The summed E-state index contributed by atoms with van der Waals surface area (Å²) in [4.78, 5) is 10.1. The smallest absolute Gasteiger partial charge is 0.299 e. The van der Waals surface area contributed by atoms with Crippen molar-refractivity contribution in [1.82, 2.24) is 9.97 Å². The van der Waals surface area contributed by atoms with E-state index in [2.05, 4.69) is 33.6 Å². The Morgan fingerprint density at radius 1 is 1.03 bits per heavy atom. The molecule has 2 N–H and O–H groups in total. The fourth-order valence-corrected chi connectivity index (χ4v) is 3.61. The van der Waals surface area contributed by atoms with Gasteiger partial charge in [0, 0.05) is 21.8 Å². The fourth-order valence-electron chi connectivity index (χ4n) is 2.77. The van der Waals surface area contributed by atoms with Gasteiger partial charge in [-0.05, 0) is 62.7 Å². The molecular weight excluding hydrogens is 382 g/mol. The number of thiazole rings is 1. The Bertz CT molecular complexity index is 1180. The molecule has 0 aliphatic heterocycles. The monoisotopic (exact) mass is 401 g/mol. The Labute approximate surface area is 172 Å². The van der Waals surface area contributed by atoms with Gasteiger partial charge in [0.2, 0.25) is 0 Å². The van der Waals surface area contributed by atoms with E-state index in [0.717, 1.165) is 33.3 Å². The molecule has 0 bridgehead atoms. The molecule has 6 nitrogen and oxygen atoms in total. The number of hydrogen-bond donors (Lipinski definition) is 2. The maximum Gasteiger partial charge on any atom is 0.299 e. The summed E-state index contributed by atoms with van der Waals surface area (Å²) in [6.45, 7) is 6.09. The van der Waals surface area contributed by atoms with E-state index < -0.39 is 0 Å². The lowest BCUT2D eigenvalue weighted by molar-refractivity contribution is 0.592. The second-order valence-electron chi connectivity index (χ2n) is 6.66. The van der Waals surface area contributed by atoms with E-state index in [1.54, 1.807) is 29.7 Å². The van der Waals surface area contributed by atoms with Gasteiger partial charge in [0.05, 0.1) is 23.5 Å². The zero-order valence-corrected chi connectivity index (χ0v) is 17.1. The molecule has 0 saturated carbocycles. The summed E-state index contributed by atoms with van der Waals surface area (Å²) in [5, 5.41) is 16.4. The molecule has 0 radical (unpaired) electrons. The molecule has 4 rings (SSSR count). The van der Waals surface area contributed by atoms with E-state index in [0.29, 0.717) is 17.3 Å². The Balaban J connectivity index is 1.53. The van der Waals surface area contributed by atoms with Crippen LogP contribution in [0, 0.1) is 32.1 Å². The first kappa shape index (κ1) is 18.7. The topological polar surface area (TPSA) is 86.8 Å². The van der Waals surface area contributed by atoms with Gasteiger partial charge in [0.25, 0.3) is 6.01 Å². The van der Waals surface area contributed by atoms with Crippen molar-refractivity contribution in [3.8, 4) is 17.4 Å². The van der Waals surface area contributed by atoms with Gasteiger partial charge in [-0.15, -0.1) is 11.3 Å². The summed E-state index contributed by atoms with van der Waals surface area (Å²) < 4.78 is 5.84. The summed E-state index contributed by atoms with van der Waals surface area (Å²) in [5.74, 6) is 0.637. The lowest BCUT2D eigenvalue weighted by Crippen LogP contribution is -1.96. The van der Waals surface area contributed by atoms with Crippen molar-refractivity contribution in [3.63, 3.8) is 0 Å². The minimum Gasteiger partial charge on any atom is -0.423 e. The van der Waals surface area contributed by atoms with Crippen molar-refractivity contribution in [3.05, 3.63) is 70.4 Å². The molecule has 4 aromatic rings. The van der Waals surface area contributed by atoms with Crippen LogP contribution in [-0.2, 0) is 0 Å². The molecule has 2 aromatic carbocycles. The van der Waals surface area contributed by atoms with Crippen molar-refractivity contribution in [2.75, 3.05) is 10.6 Å². The van der Waals surface area contributed by atoms with Gasteiger partial charge in [0.15, 0.2) is 10.9 Å². The van der Waals surface area contributed by atoms with E-state index in [1.807, 2.05) is 44.2 Å². The molecule has 29 heavy (non-hydrogen) atoms. The molecule has 0 saturated heterocycles. The van der Waals surface area contributed by atoms with Crippen LogP contribution in [0.3, 0.4) is 0 Å². The lowest BCUT2D eigenvalue weighted by atomic mass is 10.1. The van der Waals surface area contributed by atoms with Crippen LogP contribution >= 0.6 is 11.3 Å². The third-order valence-corrected chi connectivity index (χ3v) is 5.55. The average molecular weight is 401 g/mol. The van der Waals surface area contributed by atoms with Crippen LogP contribution in [0.15, 0.2) is 53.1 Å². The Morgan fingerprint density at radius 2 is 1.83 bits per heavy atom. The van der Waals surface area contributed by atoms with Crippen LogP contribution in [0.5, 0.6) is 0 Å². The average Bonchev–Trinajstić information content (AvgIpc) is 3.31. The highest BCUT2D eigenvalue weighted by Gasteiger charge is 2.10. The standard InChI is InChI=1S/C22H19N5OS/c1-13-4-9-18(26-22-25-14(2)15(3)29-22)10-19(13)27-21-24-12-20(28-21)17-7-5-16(11-23)6-8-17/h4-10,12H,1-3H3,(H,24,27)(H,25,26). The first-order valence-electron chi connectivity index (χ1n) is 9.07. The minimum absolute atomic E-state index is 0.408. The molecule has 0 atom stereocenters. The molecule has 0 fully saturated rings. The number of benzene rings is 2. The summed E-state index contributed by atoms with van der Waals surface area (Å²) in [5.41, 5.74) is 5.42. The highest BCUT2D eigenvalue weighted by Crippen LogP contribution is 2.30. The molecule has 144 valence electrons. The number of nitrogens with one attached hydrogen (secondary N) is 2. The van der Waals surface area contributed by atoms with Gasteiger partial charge in [-0.1, -0.05) is 6.07 Å². The highest BCUT2D eigenvalue weighted by atomic mass is 32.1. The third kappa shape index (κ3) is 4.13. The number of aryl methyl sites for hydroxylation is 3. The second-order valence-corrected chi connectivity index (χ2v) is 7.86. The zero-order valence-electron chi connectivity index (χ0n) is 16.3. The maximum absolute atomic E-state index is 8.92. The van der Waals surface area contributed by atoms with Gasteiger partial charge in [-0.3, -0.25) is 0 Å². The van der Waals surface area contributed by atoms with Gasteiger partial charge < -0.3 is 15.1 Å². The molecule has 0 unspecified atom stereocenters. The largest absolute Gasteiger partial charge is 0.423 e. The van der Waals surface area contributed by atoms with E-state index in [1.165, 1.54) is 4.88 Å². The van der Waals surface area contributed by atoms with Crippen LogP contribution in [-0.4, -0.2) is 9.97 Å². The van der Waals surface area contributed by atoms with Crippen molar-refractivity contribution < 1.29 is 4.42 Å². The van der Waals surface area contributed by atoms with Crippen LogP contribution in [0.4, 0.5) is 22.5 Å². The number of oxazole rings is 1. The summed E-state index contributed by atoms with van der Waals surface area (Å²) in [7, 11) is 0. The Kier molecular flexibility index (Phi) is 5.02. The first-order chi connectivity index (χ1) is 14.0. The van der Waals surface area contributed by atoms with E-state index in [-0.39, 0.29) is 0 Å². The molecule has 0 aliphatic carbocycles. The van der Waals surface area contributed by atoms with Crippen molar-refractivity contribution in [2.45, 2.75) is 20.8 Å². The fraction of sp³-hybridized carbons (Fsp3) is 0.136. The number of nitrogens with zero attached hydrogens (tertiary/aromatic N) is 3. The summed E-state index contributed by atoms with van der Waals surface area (Å²) in [6, 6.07) is 15.8. The van der Waals surface area contributed by atoms with Crippen LogP contribution in [0.25, 0.3) is 11.3 Å². The predicted molar refractivity (Wildman–Crippen MR) is 116 cm³/mol. The number of rotatable bonds is 5. The van der Waals surface area contributed by atoms with Gasteiger partial charge in [-0.25, -0.2) is 9.97 Å². The lowest BCUT2D eigenvalue weighted by Gasteiger charge is -2.09. The number of hydrogen-bond acceptors (Lipinski definition) is 7. The Morgan fingerprint density at radius 3 is 2.52 bits per heavy atom. The van der Waals surface area contributed by atoms with Gasteiger partial charge in [-0.2, -0.15) is 5.26 Å². The van der Waals surface area contributed by atoms with Crippen molar-refractivity contribution in [2.24, 2.45) is 0 Å². The molecular formula is C22H19N5OS. The normalized spacial score (nSPS) is 10.6. The van der Waals surface area contributed by atoms with Crippen molar-refractivity contribution in [1.29, 1.82) is 5.26 Å². The number of anilines is 4. The highest BCUT2D eigenvalue weighted by molar-refractivity contribution is 7.15. The quantitative estimate of drug-likeness (QED) is 0.421. The Hall–Kier alpha value is -3.63. The van der Waals surface area contributed by atoms with Crippen LogP contribution < -0.4 is 10.6 Å². The first-order valence-corrected chi connectivity index (χ1v) is 9.88. The van der Waals surface area contributed by atoms with E-state index >= 15 is 0 Å². The summed E-state index contributed by atoms with van der Waals surface area (Å²) in [6.07, 6.45) is 1.67. The molecule has 2 aromatic heterocycles. The second kappa shape index (κ2) is 7.78. The van der Waals surface area contributed by atoms with Gasteiger partial charge in [0.1, 0.15) is 0 Å². The minimum atomic E-state index is 0.408. The number of nitriles is 1. The molecule has 0 spiro atoms. The van der Waals surface area contributed by atoms with E-state index in [4.69, 9.17) is 9.68 Å². The molecule has 0 amide bonds. The maximum atomic E-state index is 8.92. The zero-order chi connectivity index (χ0) is 20.4. The molecule has 2 heterocycles. The van der Waals surface area contributed by atoms with Crippen LogP contribution in [0.1, 0.15) is 21.7 Å². The third-order valence-electron chi connectivity index (χ3n) is 4.56. The summed E-state index contributed by atoms with van der Waals surface area (Å²) >= 11 is 1.63.